The topological polar surface area (TPSA) is 55.8 Å². The highest BCUT2D eigenvalue weighted by Crippen LogP contribution is 2.11. The third-order valence-electron chi connectivity index (χ3n) is 1.86. The fraction of sp³-hybridized carbons (Fsp3) is 0.875. The maximum atomic E-state index is 10.4. The third kappa shape index (κ3) is 2.79. The van der Waals surface area contributed by atoms with Crippen LogP contribution in [-0.2, 0) is 14.3 Å². The molecule has 0 bridgehead atoms. The quantitative estimate of drug-likeness (QED) is 0.682. The Morgan fingerprint density at radius 1 is 1.75 bits per heavy atom. The number of carboxylic acids is 1. The monoisotopic (exact) mass is 174 g/mol. The Morgan fingerprint density at radius 2 is 2.50 bits per heavy atom. The Labute approximate surface area is 71.5 Å². The first-order valence-corrected chi connectivity index (χ1v) is 4.16. The minimum absolute atomic E-state index is 0.0372. The standard InChI is InChI=1S/C8H14O4/c1-6(8(9)10)12-7-3-2-4-11-5-7/h6-7H,2-5H2,1H3,(H,9,10)/t6-,7?/m1/s1. The highest BCUT2D eigenvalue weighted by molar-refractivity contribution is 5.71. The molecule has 0 aromatic carbocycles. The van der Waals surface area contributed by atoms with Gasteiger partial charge in [0.2, 0.25) is 0 Å². The lowest BCUT2D eigenvalue weighted by molar-refractivity contribution is -0.157. The number of rotatable bonds is 3. The van der Waals surface area contributed by atoms with E-state index in [0.717, 1.165) is 19.4 Å². The molecule has 0 saturated carbocycles. The van der Waals surface area contributed by atoms with Gasteiger partial charge in [-0.15, -0.1) is 0 Å². The molecule has 0 radical (unpaired) electrons. The predicted octanol–water partition coefficient (Wildman–Crippen LogP) is 0.655. The summed E-state index contributed by atoms with van der Waals surface area (Å²) in [7, 11) is 0. The van der Waals surface area contributed by atoms with Crippen molar-refractivity contribution in [1.29, 1.82) is 0 Å². The van der Waals surface area contributed by atoms with Gasteiger partial charge >= 0.3 is 5.97 Å². The summed E-state index contributed by atoms with van der Waals surface area (Å²) in [5, 5.41) is 8.55. The van der Waals surface area contributed by atoms with Crippen LogP contribution in [0.4, 0.5) is 0 Å². The summed E-state index contributed by atoms with van der Waals surface area (Å²) in [6.45, 7) is 2.83. The molecule has 70 valence electrons. The van der Waals surface area contributed by atoms with Crippen molar-refractivity contribution in [2.45, 2.75) is 32.0 Å². The molecule has 1 saturated heterocycles. The van der Waals surface area contributed by atoms with E-state index >= 15 is 0 Å². The summed E-state index contributed by atoms with van der Waals surface area (Å²) in [5.74, 6) is -0.916. The molecule has 1 unspecified atom stereocenters. The number of aliphatic carboxylic acids is 1. The van der Waals surface area contributed by atoms with E-state index in [0.29, 0.717) is 6.61 Å². The van der Waals surface area contributed by atoms with Crippen LogP contribution in [-0.4, -0.2) is 36.5 Å². The Hall–Kier alpha value is -0.610. The summed E-state index contributed by atoms with van der Waals surface area (Å²) < 4.78 is 10.4. The van der Waals surface area contributed by atoms with Crippen molar-refractivity contribution in [2.75, 3.05) is 13.2 Å². The lowest BCUT2D eigenvalue weighted by Gasteiger charge is -2.24. The molecule has 2 atom stereocenters. The van der Waals surface area contributed by atoms with Gasteiger partial charge in [-0.1, -0.05) is 0 Å². The van der Waals surface area contributed by atoms with E-state index in [9.17, 15) is 4.79 Å². The predicted molar refractivity (Wildman–Crippen MR) is 42.0 cm³/mol. The van der Waals surface area contributed by atoms with E-state index in [4.69, 9.17) is 14.6 Å². The molecule has 12 heavy (non-hydrogen) atoms. The molecule has 4 heteroatoms. The summed E-state index contributed by atoms with van der Waals surface area (Å²) in [4.78, 5) is 10.4. The van der Waals surface area contributed by atoms with Gasteiger partial charge in [-0.3, -0.25) is 0 Å². The van der Waals surface area contributed by atoms with Crippen molar-refractivity contribution in [3.63, 3.8) is 0 Å². The zero-order valence-electron chi connectivity index (χ0n) is 7.16. The Morgan fingerprint density at radius 3 is 3.00 bits per heavy atom. The SMILES string of the molecule is C[C@@H](OC1CCCOC1)C(=O)O. The van der Waals surface area contributed by atoms with Crippen LogP contribution in [0.25, 0.3) is 0 Å². The number of ether oxygens (including phenoxy) is 2. The molecule has 1 heterocycles. The Bertz CT molecular complexity index is 151. The molecule has 0 spiro atoms. The average molecular weight is 174 g/mol. The summed E-state index contributed by atoms with van der Waals surface area (Å²) in [6, 6.07) is 0. The van der Waals surface area contributed by atoms with E-state index in [1.165, 1.54) is 6.92 Å². The van der Waals surface area contributed by atoms with Crippen LogP contribution >= 0.6 is 0 Å². The highest BCUT2D eigenvalue weighted by Gasteiger charge is 2.20. The zero-order chi connectivity index (χ0) is 8.97. The molecule has 0 amide bonds. The molecule has 1 fully saturated rings. The molecule has 0 aromatic heterocycles. The van der Waals surface area contributed by atoms with Gasteiger partial charge < -0.3 is 14.6 Å². The molecular weight excluding hydrogens is 160 g/mol. The van der Waals surface area contributed by atoms with Crippen LogP contribution in [0.3, 0.4) is 0 Å². The van der Waals surface area contributed by atoms with Crippen molar-refractivity contribution < 1.29 is 19.4 Å². The molecule has 0 aliphatic carbocycles. The first-order chi connectivity index (χ1) is 5.70. The lowest BCUT2D eigenvalue weighted by Crippen LogP contribution is -2.32. The second-order valence-electron chi connectivity index (χ2n) is 2.96. The van der Waals surface area contributed by atoms with Gasteiger partial charge in [-0.2, -0.15) is 0 Å². The van der Waals surface area contributed by atoms with Gasteiger partial charge in [0.05, 0.1) is 12.7 Å². The molecule has 1 N–H and O–H groups in total. The van der Waals surface area contributed by atoms with Crippen LogP contribution in [0, 0.1) is 0 Å². The molecule has 1 aliphatic rings. The van der Waals surface area contributed by atoms with E-state index in [1.54, 1.807) is 0 Å². The summed E-state index contributed by atoms with van der Waals surface area (Å²) >= 11 is 0. The van der Waals surface area contributed by atoms with Crippen molar-refractivity contribution in [1.82, 2.24) is 0 Å². The normalized spacial score (nSPS) is 26.6. The molecule has 0 aromatic rings. The smallest absolute Gasteiger partial charge is 0.332 e. The van der Waals surface area contributed by atoms with Gasteiger partial charge in [0.15, 0.2) is 6.10 Å². The minimum Gasteiger partial charge on any atom is -0.479 e. The summed E-state index contributed by atoms with van der Waals surface area (Å²) in [6.07, 6.45) is 1.09. The van der Waals surface area contributed by atoms with Gasteiger partial charge in [0.25, 0.3) is 0 Å². The van der Waals surface area contributed by atoms with E-state index < -0.39 is 12.1 Å². The first-order valence-electron chi connectivity index (χ1n) is 4.16. The number of hydrogen-bond acceptors (Lipinski definition) is 3. The van der Waals surface area contributed by atoms with E-state index in [2.05, 4.69) is 0 Å². The first kappa shape index (κ1) is 9.48. The lowest BCUT2D eigenvalue weighted by atomic mass is 10.2. The van der Waals surface area contributed by atoms with Crippen molar-refractivity contribution >= 4 is 5.97 Å². The van der Waals surface area contributed by atoms with Crippen LogP contribution in [0.5, 0.6) is 0 Å². The Balaban J connectivity index is 2.24. The van der Waals surface area contributed by atoms with Crippen molar-refractivity contribution in [3.05, 3.63) is 0 Å². The summed E-state index contributed by atoms with van der Waals surface area (Å²) in [5.41, 5.74) is 0. The fourth-order valence-electron chi connectivity index (χ4n) is 1.17. The number of carboxylic acid groups (broad SMARTS) is 1. The van der Waals surface area contributed by atoms with E-state index in [-0.39, 0.29) is 6.10 Å². The van der Waals surface area contributed by atoms with Crippen LogP contribution in [0.2, 0.25) is 0 Å². The second-order valence-corrected chi connectivity index (χ2v) is 2.96. The van der Waals surface area contributed by atoms with Crippen molar-refractivity contribution in [2.24, 2.45) is 0 Å². The fourth-order valence-corrected chi connectivity index (χ4v) is 1.17. The Kier molecular flexibility index (Phi) is 3.49. The molecular formula is C8H14O4. The van der Waals surface area contributed by atoms with Crippen LogP contribution < -0.4 is 0 Å². The number of hydrogen-bond donors (Lipinski definition) is 1. The average Bonchev–Trinajstić information content (AvgIpc) is 2.06. The van der Waals surface area contributed by atoms with Gasteiger partial charge in [-0.25, -0.2) is 4.79 Å². The zero-order valence-corrected chi connectivity index (χ0v) is 7.16. The third-order valence-corrected chi connectivity index (χ3v) is 1.86. The molecule has 4 nitrogen and oxygen atoms in total. The second kappa shape index (κ2) is 4.42. The van der Waals surface area contributed by atoms with Crippen LogP contribution in [0.15, 0.2) is 0 Å². The molecule has 1 aliphatic heterocycles. The van der Waals surface area contributed by atoms with Gasteiger partial charge in [0, 0.05) is 6.61 Å². The van der Waals surface area contributed by atoms with Gasteiger partial charge in [0.1, 0.15) is 0 Å². The maximum absolute atomic E-state index is 10.4. The maximum Gasteiger partial charge on any atom is 0.332 e. The molecule has 1 rings (SSSR count). The largest absolute Gasteiger partial charge is 0.479 e. The van der Waals surface area contributed by atoms with Crippen molar-refractivity contribution in [3.8, 4) is 0 Å². The minimum atomic E-state index is -0.916. The van der Waals surface area contributed by atoms with Gasteiger partial charge in [-0.05, 0) is 19.8 Å². The number of carbonyl (C=O) groups is 1. The van der Waals surface area contributed by atoms with Crippen LogP contribution in [0.1, 0.15) is 19.8 Å². The van der Waals surface area contributed by atoms with E-state index in [1.807, 2.05) is 0 Å². The highest BCUT2D eigenvalue weighted by atomic mass is 16.6.